The van der Waals surface area contributed by atoms with Crippen LogP contribution in [0.3, 0.4) is 0 Å². The number of nitrogens with two attached hydrogens (primary N) is 1. The van der Waals surface area contributed by atoms with Gasteiger partial charge in [-0.05, 0) is 19.8 Å². The maximum absolute atomic E-state index is 12.3. The van der Waals surface area contributed by atoms with E-state index in [1.807, 2.05) is 14.0 Å². The standard InChI is InChI=1S/C11H17N3O2S/c1-7-9(17-11(12)13-7)10(15)14(2)8-3-5-16-6-4-8/h8H,3-6H2,1-2H3,(H2,12,13). The number of ether oxygens (including phenoxy) is 1. The van der Waals surface area contributed by atoms with E-state index < -0.39 is 0 Å². The van der Waals surface area contributed by atoms with E-state index in [4.69, 9.17) is 10.5 Å². The molecule has 0 unspecified atom stereocenters. The number of nitrogen functional groups attached to an aromatic ring is 1. The highest BCUT2D eigenvalue weighted by molar-refractivity contribution is 7.17. The van der Waals surface area contributed by atoms with E-state index in [9.17, 15) is 4.79 Å². The Morgan fingerprint density at radius 3 is 2.71 bits per heavy atom. The second-order valence-corrected chi connectivity index (χ2v) is 5.26. The van der Waals surface area contributed by atoms with Gasteiger partial charge < -0.3 is 15.4 Å². The van der Waals surface area contributed by atoms with Crippen LogP contribution in [-0.4, -0.2) is 42.1 Å². The van der Waals surface area contributed by atoms with Gasteiger partial charge in [0.05, 0.1) is 5.69 Å². The Labute approximate surface area is 105 Å². The number of amides is 1. The topological polar surface area (TPSA) is 68.5 Å². The Hall–Kier alpha value is -1.14. The number of hydrogen-bond donors (Lipinski definition) is 1. The maximum Gasteiger partial charge on any atom is 0.265 e. The molecule has 6 heteroatoms. The van der Waals surface area contributed by atoms with Crippen LogP contribution in [0.25, 0.3) is 0 Å². The Kier molecular flexibility index (Phi) is 3.63. The van der Waals surface area contributed by atoms with E-state index in [1.54, 1.807) is 4.90 Å². The first kappa shape index (κ1) is 12.3. The monoisotopic (exact) mass is 255 g/mol. The summed E-state index contributed by atoms with van der Waals surface area (Å²) < 4.78 is 5.30. The van der Waals surface area contributed by atoms with Crippen molar-refractivity contribution in [3.05, 3.63) is 10.6 Å². The van der Waals surface area contributed by atoms with Crippen molar-refractivity contribution in [2.24, 2.45) is 0 Å². The van der Waals surface area contributed by atoms with Crippen LogP contribution in [0.1, 0.15) is 28.2 Å². The molecule has 0 spiro atoms. The van der Waals surface area contributed by atoms with Gasteiger partial charge in [0.25, 0.3) is 5.91 Å². The molecule has 5 nitrogen and oxygen atoms in total. The lowest BCUT2D eigenvalue weighted by Gasteiger charge is -2.30. The smallest absolute Gasteiger partial charge is 0.265 e. The molecule has 0 radical (unpaired) electrons. The zero-order valence-electron chi connectivity index (χ0n) is 10.1. The quantitative estimate of drug-likeness (QED) is 0.864. The van der Waals surface area contributed by atoms with Gasteiger partial charge in [0.15, 0.2) is 5.13 Å². The summed E-state index contributed by atoms with van der Waals surface area (Å²) in [5.41, 5.74) is 6.33. The molecule has 1 aromatic heterocycles. The van der Waals surface area contributed by atoms with Gasteiger partial charge in [-0.1, -0.05) is 11.3 Å². The lowest BCUT2D eigenvalue weighted by Crippen LogP contribution is -2.40. The molecule has 0 aliphatic carbocycles. The van der Waals surface area contributed by atoms with E-state index in [0.717, 1.165) is 31.7 Å². The molecule has 0 aromatic carbocycles. The van der Waals surface area contributed by atoms with E-state index in [0.29, 0.717) is 10.0 Å². The van der Waals surface area contributed by atoms with Crippen molar-refractivity contribution >= 4 is 22.4 Å². The van der Waals surface area contributed by atoms with Crippen LogP contribution in [0, 0.1) is 6.92 Å². The van der Waals surface area contributed by atoms with Crippen LogP contribution in [0.4, 0.5) is 5.13 Å². The van der Waals surface area contributed by atoms with Crippen LogP contribution in [0.15, 0.2) is 0 Å². The number of carbonyl (C=O) groups is 1. The van der Waals surface area contributed by atoms with Crippen molar-refractivity contribution in [3.8, 4) is 0 Å². The lowest BCUT2D eigenvalue weighted by atomic mass is 10.1. The molecule has 1 fully saturated rings. The Balaban J connectivity index is 2.11. The number of anilines is 1. The molecule has 1 aliphatic rings. The van der Waals surface area contributed by atoms with E-state index >= 15 is 0 Å². The molecule has 0 atom stereocenters. The molecule has 94 valence electrons. The summed E-state index contributed by atoms with van der Waals surface area (Å²) in [5.74, 6) is 0.0172. The fraction of sp³-hybridized carbons (Fsp3) is 0.636. The highest BCUT2D eigenvalue weighted by Crippen LogP contribution is 2.23. The third-order valence-electron chi connectivity index (χ3n) is 3.07. The van der Waals surface area contributed by atoms with Crippen LogP contribution in [0.2, 0.25) is 0 Å². The number of thiazole rings is 1. The lowest BCUT2D eigenvalue weighted by molar-refractivity contribution is 0.0364. The van der Waals surface area contributed by atoms with E-state index in [2.05, 4.69) is 4.98 Å². The summed E-state index contributed by atoms with van der Waals surface area (Å²) in [5, 5.41) is 0.450. The molecule has 17 heavy (non-hydrogen) atoms. The van der Waals surface area contributed by atoms with Gasteiger partial charge in [-0.3, -0.25) is 4.79 Å². The van der Waals surface area contributed by atoms with E-state index in [-0.39, 0.29) is 11.9 Å². The normalized spacial score (nSPS) is 17.1. The summed E-state index contributed by atoms with van der Waals surface area (Å²) in [6.45, 7) is 3.27. The summed E-state index contributed by atoms with van der Waals surface area (Å²) in [4.78, 5) is 18.8. The minimum Gasteiger partial charge on any atom is -0.381 e. The van der Waals surface area contributed by atoms with Crippen molar-refractivity contribution in [1.82, 2.24) is 9.88 Å². The minimum atomic E-state index is 0.0172. The first-order valence-corrected chi connectivity index (χ1v) is 6.49. The first-order valence-electron chi connectivity index (χ1n) is 5.67. The highest BCUT2D eigenvalue weighted by atomic mass is 32.1. The molecule has 1 amide bonds. The molecule has 1 aliphatic heterocycles. The van der Waals surface area contributed by atoms with Crippen LogP contribution >= 0.6 is 11.3 Å². The molecule has 0 saturated carbocycles. The van der Waals surface area contributed by atoms with E-state index in [1.165, 1.54) is 11.3 Å². The molecule has 2 rings (SSSR count). The van der Waals surface area contributed by atoms with Crippen molar-refractivity contribution in [3.63, 3.8) is 0 Å². The van der Waals surface area contributed by atoms with Crippen molar-refractivity contribution in [1.29, 1.82) is 0 Å². The number of aryl methyl sites for hydroxylation is 1. The molecular formula is C11H17N3O2S. The minimum absolute atomic E-state index is 0.0172. The van der Waals surface area contributed by atoms with Crippen LogP contribution < -0.4 is 5.73 Å². The van der Waals surface area contributed by atoms with Gasteiger partial charge in [-0.2, -0.15) is 0 Å². The molecular weight excluding hydrogens is 238 g/mol. The summed E-state index contributed by atoms with van der Waals surface area (Å²) in [6.07, 6.45) is 1.80. The highest BCUT2D eigenvalue weighted by Gasteiger charge is 2.25. The predicted molar refractivity (Wildman–Crippen MR) is 67.2 cm³/mol. The number of aromatic nitrogens is 1. The third-order valence-corrected chi connectivity index (χ3v) is 4.04. The van der Waals surface area contributed by atoms with Gasteiger partial charge in [-0.15, -0.1) is 0 Å². The molecule has 2 heterocycles. The maximum atomic E-state index is 12.3. The molecule has 1 aromatic rings. The Morgan fingerprint density at radius 2 is 2.18 bits per heavy atom. The number of nitrogens with zero attached hydrogens (tertiary/aromatic N) is 2. The van der Waals surface area contributed by atoms with Gasteiger partial charge in [-0.25, -0.2) is 4.98 Å². The second kappa shape index (κ2) is 5.01. The van der Waals surface area contributed by atoms with Crippen LogP contribution in [0.5, 0.6) is 0 Å². The fourth-order valence-corrected chi connectivity index (χ4v) is 2.83. The zero-order chi connectivity index (χ0) is 12.4. The van der Waals surface area contributed by atoms with Gasteiger partial charge in [0.2, 0.25) is 0 Å². The van der Waals surface area contributed by atoms with Crippen molar-refractivity contribution in [2.75, 3.05) is 26.0 Å². The zero-order valence-corrected chi connectivity index (χ0v) is 10.9. The van der Waals surface area contributed by atoms with Gasteiger partial charge in [0.1, 0.15) is 4.88 Å². The first-order chi connectivity index (χ1) is 8.09. The Morgan fingerprint density at radius 1 is 1.53 bits per heavy atom. The summed E-state index contributed by atoms with van der Waals surface area (Å²) >= 11 is 1.26. The third kappa shape index (κ3) is 2.58. The summed E-state index contributed by atoms with van der Waals surface area (Å²) in [7, 11) is 1.84. The fourth-order valence-electron chi connectivity index (χ4n) is 2.01. The largest absolute Gasteiger partial charge is 0.381 e. The predicted octanol–water partition coefficient (Wildman–Crippen LogP) is 1.28. The van der Waals surface area contributed by atoms with Gasteiger partial charge >= 0.3 is 0 Å². The SMILES string of the molecule is Cc1nc(N)sc1C(=O)N(C)C1CCOCC1. The van der Waals surface area contributed by atoms with Crippen molar-refractivity contribution < 1.29 is 9.53 Å². The molecule has 2 N–H and O–H groups in total. The second-order valence-electron chi connectivity index (χ2n) is 4.23. The number of rotatable bonds is 2. The molecule has 1 saturated heterocycles. The van der Waals surface area contributed by atoms with Crippen LogP contribution in [-0.2, 0) is 4.74 Å². The van der Waals surface area contributed by atoms with Gasteiger partial charge in [0, 0.05) is 26.3 Å². The van der Waals surface area contributed by atoms with Crippen molar-refractivity contribution in [2.45, 2.75) is 25.8 Å². The number of carbonyl (C=O) groups excluding carboxylic acids is 1. The average molecular weight is 255 g/mol. The number of hydrogen-bond acceptors (Lipinski definition) is 5. The summed E-state index contributed by atoms with van der Waals surface area (Å²) in [6, 6.07) is 0.263. The Bertz CT molecular complexity index is 413. The average Bonchev–Trinajstić information content (AvgIpc) is 2.68. The molecule has 0 bridgehead atoms.